The first kappa shape index (κ1) is 14.0. The lowest BCUT2D eigenvalue weighted by Gasteiger charge is -2.07. The smallest absolute Gasteiger partial charge is 0.274 e. The third kappa shape index (κ3) is 2.79. The number of pyridine rings is 1. The molecule has 106 valence electrons. The molecule has 0 aliphatic carbocycles. The highest BCUT2D eigenvalue weighted by molar-refractivity contribution is 5.97. The van der Waals surface area contributed by atoms with Gasteiger partial charge in [0.05, 0.1) is 23.6 Å². The minimum Gasteiger partial charge on any atom is -0.395 e. The molecular weight excluding hydrogens is 254 g/mol. The monoisotopic (exact) mass is 273 g/mol. The highest BCUT2D eigenvalue weighted by atomic mass is 16.1. The molecule has 20 heavy (non-hydrogen) atoms. The molecule has 0 unspecified atom stereocenters. The Hall–Kier alpha value is -2.37. The molecule has 1 amide bonds. The van der Waals surface area contributed by atoms with E-state index in [1.807, 2.05) is 19.1 Å². The lowest BCUT2D eigenvalue weighted by molar-refractivity contribution is 0.0946. The molecule has 2 heterocycles. The number of nitrogen functional groups attached to an aromatic ring is 1. The third-order valence-electron chi connectivity index (χ3n) is 3.23. The summed E-state index contributed by atoms with van der Waals surface area (Å²) in [6.07, 6.45) is 3.31. The molecule has 6 heteroatoms. The standard InChI is InChI=1S/C14H19N5O/c1-3-9-6-5-7-16-11(9)8-17-14(20)13-12(15)10(4-2)18-19-13/h5-7H,3-4,8,15H2,1-2H3,(H,17,20)(H,18,19). The van der Waals surface area contributed by atoms with E-state index >= 15 is 0 Å². The fourth-order valence-corrected chi connectivity index (χ4v) is 2.03. The normalized spacial score (nSPS) is 10.5. The summed E-state index contributed by atoms with van der Waals surface area (Å²) in [4.78, 5) is 16.4. The lowest BCUT2D eigenvalue weighted by atomic mass is 10.1. The summed E-state index contributed by atoms with van der Waals surface area (Å²) in [7, 11) is 0. The van der Waals surface area contributed by atoms with E-state index in [1.54, 1.807) is 6.20 Å². The molecule has 0 fully saturated rings. The van der Waals surface area contributed by atoms with Crippen molar-refractivity contribution in [2.75, 3.05) is 5.73 Å². The molecule has 0 aromatic carbocycles. The van der Waals surface area contributed by atoms with Gasteiger partial charge in [-0.05, 0) is 24.5 Å². The second kappa shape index (κ2) is 6.18. The van der Waals surface area contributed by atoms with Crippen molar-refractivity contribution >= 4 is 11.6 Å². The molecule has 4 N–H and O–H groups in total. The maximum Gasteiger partial charge on any atom is 0.274 e. The second-order valence-electron chi connectivity index (χ2n) is 4.46. The number of amides is 1. The summed E-state index contributed by atoms with van der Waals surface area (Å²) in [5.74, 6) is -0.286. The van der Waals surface area contributed by atoms with E-state index in [-0.39, 0.29) is 11.6 Å². The predicted octanol–water partition coefficient (Wildman–Crippen LogP) is 1.44. The zero-order chi connectivity index (χ0) is 14.5. The van der Waals surface area contributed by atoms with Crippen LogP contribution in [0.4, 0.5) is 5.69 Å². The van der Waals surface area contributed by atoms with Crippen molar-refractivity contribution in [2.24, 2.45) is 0 Å². The fourth-order valence-electron chi connectivity index (χ4n) is 2.03. The van der Waals surface area contributed by atoms with Crippen molar-refractivity contribution in [1.29, 1.82) is 0 Å². The van der Waals surface area contributed by atoms with Gasteiger partial charge in [-0.3, -0.25) is 14.9 Å². The van der Waals surface area contributed by atoms with Gasteiger partial charge >= 0.3 is 0 Å². The topological polar surface area (TPSA) is 96.7 Å². The van der Waals surface area contributed by atoms with Crippen molar-refractivity contribution in [2.45, 2.75) is 33.2 Å². The number of rotatable bonds is 5. The molecule has 0 aliphatic heterocycles. The first-order valence-electron chi connectivity index (χ1n) is 6.71. The van der Waals surface area contributed by atoms with Crippen molar-refractivity contribution in [3.8, 4) is 0 Å². The molecule has 0 saturated heterocycles. The summed E-state index contributed by atoms with van der Waals surface area (Å²) >= 11 is 0. The predicted molar refractivity (Wildman–Crippen MR) is 77.2 cm³/mol. The SMILES string of the molecule is CCc1cccnc1CNC(=O)c1n[nH]c(CC)c1N. The summed E-state index contributed by atoms with van der Waals surface area (Å²) in [5.41, 5.74) is 9.30. The van der Waals surface area contributed by atoms with Crippen LogP contribution < -0.4 is 11.1 Å². The van der Waals surface area contributed by atoms with Crippen LogP contribution in [0.25, 0.3) is 0 Å². The van der Waals surface area contributed by atoms with Crippen LogP contribution in [-0.4, -0.2) is 21.1 Å². The van der Waals surface area contributed by atoms with Gasteiger partial charge in [-0.2, -0.15) is 5.10 Å². The van der Waals surface area contributed by atoms with E-state index in [4.69, 9.17) is 5.73 Å². The van der Waals surface area contributed by atoms with Crippen molar-refractivity contribution in [3.63, 3.8) is 0 Å². The summed E-state index contributed by atoms with van der Waals surface area (Å²) in [5, 5.41) is 9.54. The van der Waals surface area contributed by atoms with Gasteiger partial charge in [0.2, 0.25) is 0 Å². The van der Waals surface area contributed by atoms with Crippen LogP contribution in [0.1, 0.15) is 41.3 Å². The number of hydrogen-bond acceptors (Lipinski definition) is 4. The fraction of sp³-hybridized carbons (Fsp3) is 0.357. The number of H-pyrrole nitrogens is 1. The summed E-state index contributed by atoms with van der Waals surface area (Å²) in [6.45, 7) is 4.38. The van der Waals surface area contributed by atoms with E-state index < -0.39 is 0 Å². The number of aryl methyl sites for hydroxylation is 2. The van der Waals surface area contributed by atoms with Gasteiger partial charge < -0.3 is 11.1 Å². The van der Waals surface area contributed by atoms with Gasteiger partial charge in [0.25, 0.3) is 5.91 Å². The Morgan fingerprint density at radius 1 is 1.40 bits per heavy atom. The number of hydrogen-bond donors (Lipinski definition) is 3. The Morgan fingerprint density at radius 3 is 2.85 bits per heavy atom. The molecule has 2 aromatic heterocycles. The van der Waals surface area contributed by atoms with Crippen LogP contribution in [-0.2, 0) is 19.4 Å². The number of nitrogens with one attached hydrogen (secondary N) is 2. The Labute approximate surface area is 117 Å². The van der Waals surface area contributed by atoms with Crippen LogP contribution in [0.5, 0.6) is 0 Å². The highest BCUT2D eigenvalue weighted by Crippen LogP contribution is 2.14. The number of aromatic nitrogens is 3. The molecule has 6 nitrogen and oxygen atoms in total. The lowest BCUT2D eigenvalue weighted by Crippen LogP contribution is -2.25. The maximum atomic E-state index is 12.1. The Balaban J connectivity index is 2.07. The van der Waals surface area contributed by atoms with E-state index in [1.165, 1.54) is 0 Å². The van der Waals surface area contributed by atoms with Crippen LogP contribution in [0.15, 0.2) is 18.3 Å². The molecule has 0 radical (unpaired) electrons. The zero-order valence-corrected chi connectivity index (χ0v) is 11.7. The van der Waals surface area contributed by atoms with Gasteiger partial charge in [-0.25, -0.2) is 0 Å². The molecule has 0 aliphatic rings. The van der Waals surface area contributed by atoms with E-state index in [9.17, 15) is 4.79 Å². The number of nitrogens with zero attached hydrogens (tertiary/aromatic N) is 2. The second-order valence-corrected chi connectivity index (χ2v) is 4.46. The number of carbonyl (C=O) groups excluding carboxylic acids is 1. The average Bonchev–Trinajstić information content (AvgIpc) is 2.86. The van der Waals surface area contributed by atoms with Crippen LogP contribution in [0.3, 0.4) is 0 Å². The Bertz CT molecular complexity index is 605. The highest BCUT2D eigenvalue weighted by Gasteiger charge is 2.16. The molecule has 0 spiro atoms. The molecule has 2 rings (SSSR count). The largest absolute Gasteiger partial charge is 0.395 e. The van der Waals surface area contributed by atoms with Gasteiger partial charge in [-0.15, -0.1) is 0 Å². The van der Waals surface area contributed by atoms with E-state index in [0.717, 1.165) is 23.4 Å². The van der Waals surface area contributed by atoms with Gasteiger partial charge in [0, 0.05) is 6.20 Å². The Morgan fingerprint density at radius 2 is 2.20 bits per heavy atom. The summed E-state index contributed by atoms with van der Waals surface area (Å²) in [6, 6.07) is 3.90. The number of nitrogens with two attached hydrogens (primary N) is 1. The van der Waals surface area contributed by atoms with E-state index in [0.29, 0.717) is 18.7 Å². The molecule has 0 saturated carbocycles. The molecule has 0 bridgehead atoms. The van der Waals surface area contributed by atoms with Gasteiger partial charge in [0.15, 0.2) is 5.69 Å². The quantitative estimate of drug-likeness (QED) is 0.768. The third-order valence-corrected chi connectivity index (χ3v) is 3.23. The van der Waals surface area contributed by atoms with Crippen LogP contribution in [0.2, 0.25) is 0 Å². The molecule has 2 aromatic rings. The Kier molecular flexibility index (Phi) is 4.34. The van der Waals surface area contributed by atoms with E-state index in [2.05, 4.69) is 27.4 Å². The summed E-state index contributed by atoms with van der Waals surface area (Å²) < 4.78 is 0. The van der Waals surface area contributed by atoms with Crippen molar-refractivity contribution in [1.82, 2.24) is 20.5 Å². The number of anilines is 1. The van der Waals surface area contributed by atoms with Gasteiger partial charge in [0.1, 0.15) is 0 Å². The molecule has 0 atom stereocenters. The first-order chi connectivity index (χ1) is 9.67. The van der Waals surface area contributed by atoms with Crippen LogP contribution >= 0.6 is 0 Å². The average molecular weight is 273 g/mol. The van der Waals surface area contributed by atoms with Crippen molar-refractivity contribution in [3.05, 3.63) is 41.0 Å². The molecular formula is C14H19N5O. The number of aromatic amines is 1. The number of carbonyl (C=O) groups is 1. The maximum absolute atomic E-state index is 12.1. The van der Waals surface area contributed by atoms with Crippen molar-refractivity contribution < 1.29 is 4.79 Å². The minimum absolute atomic E-state index is 0.246. The zero-order valence-electron chi connectivity index (χ0n) is 11.7. The van der Waals surface area contributed by atoms with Crippen LogP contribution in [0, 0.1) is 0 Å². The van der Waals surface area contributed by atoms with Gasteiger partial charge in [-0.1, -0.05) is 19.9 Å². The first-order valence-corrected chi connectivity index (χ1v) is 6.71. The minimum atomic E-state index is -0.286.